The zero-order valence-electron chi connectivity index (χ0n) is 17.7. The van der Waals surface area contributed by atoms with Gasteiger partial charge in [0.1, 0.15) is 0 Å². The molecule has 0 bridgehead atoms. The third-order valence-electron chi connectivity index (χ3n) is 5.26. The largest absolute Gasteiger partial charge is 0.389 e. The minimum atomic E-state index is -0.456. The average molecular weight is 423 g/mol. The number of carbonyl (C=O) groups excluding carboxylic acids is 2. The summed E-state index contributed by atoms with van der Waals surface area (Å²) in [7, 11) is 0. The molecule has 0 aromatic heterocycles. The van der Waals surface area contributed by atoms with Crippen LogP contribution >= 0.6 is 0 Å². The van der Waals surface area contributed by atoms with E-state index < -0.39 is 6.10 Å². The smallest absolute Gasteiger partial charge is 0.262 e. The summed E-state index contributed by atoms with van der Waals surface area (Å²) in [6.45, 7) is 3.50. The molecular weight excluding hydrogens is 402 g/mol. The third kappa shape index (κ3) is 4.57. The molecule has 1 aliphatic heterocycles. The minimum Gasteiger partial charge on any atom is -0.389 e. The SMILES string of the molecule is CC(O)c1ccc(C#N)cc1.CC(c1ccc(C#N)cc1)N1C(=O)c2ccccc2C1=O. The molecule has 1 N–H and O–H groups in total. The van der Waals surface area contributed by atoms with Gasteiger partial charge in [0.05, 0.1) is 46.5 Å². The van der Waals surface area contributed by atoms with Gasteiger partial charge >= 0.3 is 0 Å². The Kier molecular flexibility index (Phi) is 6.80. The Balaban J connectivity index is 0.000000222. The fourth-order valence-electron chi connectivity index (χ4n) is 3.38. The van der Waals surface area contributed by atoms with Crippen molar-refractivity contribution in [3.8, 4) is 12.1 Å². The Morgan fingerprint density at radius 2 is 1.12 bits per heavy atom. The Bertz CT molecular complexity index is 1180. The van der Waals surface area contributed by atoms with Crippen LogP contribution in [0.3, 0.4) is 0 Å². The van der Waals surface area contributed by atoms with Gasteiger partial charge in [0, 0.05) is 0 Å². The molecule has 0 spiro atoms. The molecule has 1 aliphatic rings. The van der Waals surface area contributed by atoms with Crippen molar-refractivity contribution in [1.82, 2.24) is 4.90 Å². The number of hydrogen-bond acceptors (Lipinski definition) is 5. The standard InChI is InChI=1S/C17H12N2O2.C9H9NO/c1-11(13-8-6-12(10-18)7-9-13)19-16(20)14-4-2-3-5-15(14)17(19)21;1-7(11)9-4-2-8(6-10)3-5-9/h2-9,11H,1H3;2-5,7,11H,1H3. The molecule has 2 unspecified atom stereocenters. The summed E-state index contributed by atoms with van der Waals surface area (Å²) in [6.07, 6.45) is -0.456. The van der Waals surface area contributed by atoms with Crippen LogP contribution in [0.1, 0.15) is 69.0 Å². The van der Waals surface area contributed by atoms with E-state index in [4.69, 9.17) is 15.6 Å². The molecule has 3 aromatic carbocycles. The molecule has 0 saturated heterocycles. The molecule has 0 saturated carbocycles. The van der Waals surface area contributed by atoms with Gasteiger partial charge in [-0.25, -0.2) is 0 Å². The maximum absolute atomic E-state index is 12.4. The first-order valence-corrected chi connectivity index (χ1v) is 10.0. The first-order valence-electron chi connectivity index (χ1n) is 10.0. The Hall–Kier alpha value is -4.26. The van der Waals surface area contributed by atoms with Gasteiger partial charge in [-0.05, 0) is 61.4 Å². The van der Waals surface area contributed by atoms with Gasteiger partial charge in [-0.2, -0.15) is 10.5 Å². The maximum atomic E-state index is 12.4. The molecule has 1 heterocycles. The van der Waals surface area contributed by atoms with Gasteiger partial charge in [-0.1, -0.05) is 36.4 Å². The second-order valence-electron chi connectivity index (χ2n) is 7.35. The van der Waals surface area contributed by atoms with E-state index in [9.17, 15) is 9.59 Å². The number of nitriles is 2. The van der Waals surface area contributed by atoms with E-state index >= 15 is 0 Å². The van der Waals surface area contributed by atoms with E-state index in [1.54, 1.807) is 79.7 Å². The number of aliphatic hydroxyl groups is 1. The van der Waals surface area contributed by atoms with E-state index in [1.807, 2.05) is 19.1 Å². The Labute approximate surface area is 186 Å². The Morgan fingerprint density at radius 1 is 0.719 bits per heavy atom. The molecule has 2 amide bonds. The summed E-state index contributed by atoms with van der Waals surface area (Å²) < 4.78 is 0. The highest BCUT2D eigenvalue weighted by Crippen LogP contribution is 2.31. The molecule has 32 heavy (non-hydrogen) atoms. The van der Waals surface area contributed by atoms with Gasteiger partial charge in [0.2, 0.25) is 0 Å². The Morgan fingerprint density at radius 3 is 1.50 bits per heavy atom. The fourth-order valence-corrected chi connectivity index (χ4v) is 3.38. The van der Waals surface area contributed by atoms with Gasteiger partial charge in [0.25, 0.3) is 11.8 Å². The van der Waals surface area contributed by atoms with Crippen LogP contribution in [-0.2, 0) is 0 Å². The van der Waals surface area contributed by atoms with Crippen molar-refractivity contribution in [2.45, 2.75) is 26.0 Å². The zero-order chi connectivity index (χ0) is 23.3. The second-order valence-corrected chi connectivity index (χ2v) is 7.35. The van der Waals surface area contributed by atoms with E-state index in [0.717, 1.165) is 11.1 Å². The van der Waals surface area contributed by atoms with Crippen LogP contribution in [0.15, 0.2) is 72.8 Å². The molecule has 0 aliphatic carbocycles. The van der Waals surface area contributed by atoms with Crippen molar-refractivity contribution in [3.63, 3.8) is 0 Å². The number of nitrogens with zero attached hydrogens (tertiary/aromatic N) is 3. The van der Waals surface area contributed by atoms with E-state index in [2.05, 4.69) is 0 Å². The molecule has 3 aromatic rings. The molecular formula is C26H21N3O3. The van der Waals surface area contributed by atoms with Gasteiger partial charge in [-0.3, -0.25) is 14.5 Å². The van der Waals surface area contributed by atoms with Crippen LogP contribution in [0.5, 0.6) is 0 Å². The van der Waals surface area contributed by atoms with Crippen molar-refractivity contribution >= 4 is 11.8 Å². The summed E-state index contributed by atoms with van der Waals surface area (Å²) >= 11 is 0. The van der Waals surface area contributed by atoms with E-state index in [1.165, 1.54) is 4.90 Å². The lowest BCUT2D eigenvalue weighted by atomic mass is 10.1. The summed E-state index contributed by atoms with van der Waals surface area (Å²) in [4.78, 5) is 26.1. The molecule has 4 rings (SSSR count). The van der Waals surface area contributed by atoms with E-state index in [-0.39, 0.29) is 17.9 Å². The summed E-state index contributed by atoms with van der Waals surface area (Å²) in [6, 6.07) is 24.3. The average Bonchev–Trinajstić information content (AvgIpc) is 3.09. The van der Waals surface area contributed by atoms with Gasteiger partial charge in [-0.15, -0.1) is 0 Å². The number of benzene rings is 3. The van der Waals surface area contributed by atoms with Crippen LogP contribution in [0, 0.1) is 22.7 Å². The first kappa shape index (κ1) is 22.4. The van der Waals surface area contributed by atoms with Crippen molar-refractivity contribution in [1.29, 1.82) is 10.5 Å². The van der Waals surface area contributed by atoms with Crippen LogP contribution in [0.4, 0.5) is 0 Å². The van der Waals surface area contributed by atoms with Crippen LogP contribution in [0.2, 0.25) is 0 Å². The number of imide groups is 1. The van der Waals surface area contributed by atoms with Crippen LogP contribution < -0.4 is 0 Å². The zero-order valence-corrected chi connectivity index (χ0v) is 17.7. The quantitative estimate of drug-likeness (QED) is 0.623. The minimum absolute atomic E-state index is 0.271. The molecule has 0 fully saturated rings. The van der Waals surface area contributed by atoms with Gasteiger partial charge < -0.3 is 5.11 Å². The first-order chi connectivity index (χ1) is 15.4. The molecule has 6 nitrogen and oxygen atoms in total. The van der Waals surface area contributed by atoms with Crippen molar-refractivity contribution in [3.05, 3.63) is 106 Å². The summed E-state index contributed by atoms with van der Waals surface area (Å²) in [5, 5.41) is 26.4. The predicted molar refractivity (Wildman–Crippen MR) is 118 cm³/mol. The number of aliphatic hydroxyl groups excluding tert-OH is 1. The summed E-state index contributed by atoms with van der Waals surface area (Å²) in [5.74, 6) is -0.542. The highest BCUT2D eigenvalue weighted by Gasteiger charge is 2.38. The fraction of sp³-hybridized carbons (Fsp3) is 0.154. The number of amides is 2. The second kappa shape index (κ2) is 9.70. The topological polar surface area (TPSA) is 105 Å². The third-order valence-corrected chi connectivity index (χ3v) is 5.26. The van der Waals surface area contributed by atoms with Crippen molar-refractivity contribution < 1.29 is 14.7 Å². The van der Waals surface area contributed by atoms with Crippen molar-refractivity contribution in [2.24, 2.45) is 0 Å². The molecule has 6 heteroatoms. The number of hydrogen-bond donors (Lipinski definition) is 1. The lowest BCUT2D eigenvalue weighted by Gasteiger charge is -2.22. The van der Waals surface area contributed by atoms with Crippen LogP contribution in [0.25, 0.3) is 0 Å². The maximum Gasteiger partial charge on any atom is 0.262 e. The predicted octanol–water partition coefficient (Wildman–Crippen LogP) is 4.53. The molecule has 2 atom stereocenters. The monoisotopic (exact) mass is 423 g/mol. The van der Waals surface area contributed by atoms with Crippen molar-refractivity contribution in [2.75, 3.05) is 0 Å². The van der Waals surface area contributed by atoms with Gasteiger partial charge in [0.15, 0.2) is 0 Å². The normalized spacial score (nSPS) is 13.8. The van der Waals surface area contributed by atoms with E-state index in [0.29, 0.717) is 22.3 Å². The lowest BCUT2D eigenvalue weighted by molar-refractivity contribution is 0.0595. The highest BCUT2D eigenvalue weighted by atomic mass is 16.3. The number of rotatable bonds is 3. The van der Waals surface area contributed by atoms with Crippen LogP contribution in [-0.4, -0.2) is 21.8 Å². The highest BCUT2D eigenvalue weighted by molar-refractivity contribution is 6.21. The molecule has 0 radical (unpaired) electrons. The number of carbonyl (C=O) groups is 2. The number of fused-ring (bicyclic) bond motifs is 1. The molecule has 158 valence electrons. The lowest BCUT2D eigenvalue weighted by Crippen LogP contribution is -2.32. The summed E-state index contributed by atoms with van der Waals surface area (Å²) in [5.41, 5.74) is 3.72.